The van der Waals surface area contributed by atoms with Crippen LogP contribution < -0.4 is 0 Å². The molecule has 0 spiro atoms. The molecule has 0 saturated carbocycles. The van der Waals surface area contributed by atoms with Crippen molar-refractivity contribution >= 4 is 28.7 Å². The molecule has 0 aromatic carbocycles. The lowest BCUT2D eigenvalue weighted by Crippen LogP contribution is -2.45. The topological polar surface area (TPSA) is 84.1 Å². The normalized spacial score (nSPS) is 19.4. The van der Waals surface area contributed by atoms with Crippen molar-refractivity contribution in [3.8, 4) is 0 Å². The van der Waals surface area contributed by atoms with Gasteiger partial charge in [-0.2, -0.15) is 10.1 Å². The van der Waals surface area contributed by atoms with Gasteiger partial charge in [0, 0.05) is 12.7 Å². The fraction of sp³-hybridized carbons (Fsp3) is 0.500. The Kier molecular flexibility index (Phi) is 3.43. The first-order valence-electron chi connectivity index (χ1n) is 6.49. The maximum Gasteiger partial charge on any atom is 0.407 e. The number of rotatable bonds is 2. The molecule has 0 radical (unpaired) electrons. The lowest BCUT2D eigenvalue weighted by molar-refractivity contribution is 0.0991. The summed E-state index contributed by atoms with van der Waals surface area (Å²) < 4.78 is 1.70. The lowest BCUT2D eigenvalue weighted by atomic mass is 10.0. The molecule has 2 aromatic heterocycles. The van der Waals surface area contributed by atoms with Crippen LogP contribution >= 0.6 is 11.6 Å². The van der Waals surface area contributed by atoms with Crippen molar-refractivity contribution in [2.45, 2.75) is 31.8 Å². The Morgan fingerprint density at radius 3 is 3.10 bits per heavy atom. The van der Waals surface area contributed by atoms with Crippen molar-refractivity contribution < 1.29 is 9.90 Å². The van der Waals surface area contributed by atoms with Gasteiger partial charge in [-0.3, -0.25) is 0 Å². The average Bonchev–Trinajstić information content (AvgIpc) is 2.82. The molecular weight excluding hydrogens is 282 g/mol. The maximum atomic E-state index is 11.3. The Balaban J connectivity index is 1.88. The van der Waals surface area contributed by atoms with Crippen LogP contribution in [0.15, 0.2) is 12.4 Å². The average molecular weight is 296 g/mol. The van der Waals surface area contributed by atoms with Crippen LogP contribution in [0.3, 0.4) is 0 Å². The lowest BCUT2D eigenvalue weighted by Gasteiger charge is -2.33. The van der Waals surface area contributed by atoms with Crippen molar-refractivity contribution in [3.63, 3.8) is 0 Å². The van der Waals surface area contributed by atoms with Crippen molar-refractivity contribution in [2.24, 2.45) is 0 Å². The molecule has 0 bridgehead atoms. The Hall–Kier alpha value is -1.89. The molecule has 1 amide bonds. The number of carbonyl (C=O) groups is 1. The van der Waals surface area contributed by atoms with E-state index in [1.807, 2.05) is 0 Å². The minimum atomic E-state index is -0.876. The second-order valence-electron chi connectivity index (χ2n) is 4.87. The highest BCUT2D eigenvalue weighted by Crippen LogP contribution is 2.20. The van der Waals surface area contributed by atoms with Gasteiger partial charge < -0.3 is 10.0 Å². The standard InChI is InChI=1S/C12H14ClN5O2/c13-11-14-5-8-6-15-18(10(8)16-11)7-9-3-1-2-4-17(9)12(19)20/h5-6,9H,1-4,7H2,(H,19,20)/t9-/m0/s1. The van der Waals surface area contributed by atoms with E-state index in [0.717, 1.165) is 24.6 Å². The van der Waals surface area contributed by atoms with E-state index in [9.17, 15) is 9.90 Å². The summed E-state index contributed by atoms with van der Waals surface area (Å²) in [6, 6.07) is -0.0712. The predicted octanol–water partition coefficient (Wildman–Crippen LogP) is 2.01. The van der Waals surface area contributed by atoms with Gasteiger partial charge in [0.25, 0.3) is 0 Å². The van der Waals surface area contributed by atoms with Crippen LogP contribution in [-0.4, -0.2) is 48.4 Å². The molecular formula is C12H14ClN5O2. The van der Waals surface area contributed by atoms with Gasteiger partial charge in [0.1, 0.15) is 0 Å². The zero-order valence-corrected chi connectivity index (χ0v) is 11.5. The molecule has 8 heteroatoms. The minimum absolute atomic E-state index is 0.0712. The second kappa shape index (κ2) is 5.24. The molecule has 3 rings (SSSR count). The highest BCUT2D eigenvalue weighted by molar-refractivity contribution is 6.28. The molecule has 1 atom stereocenters. The quantitative estimate of drug-likeness (QED) is 0.857. The van der Waals surface area contributed by atoms with E-state index in [4.69, 9.17) is 11.6 Å². The number of hydrogen-bond donors (Lipinski definition) is 1. The summed E-state index contributed by atoms with van der Waals surface area (Å²) in [6.45, 7) is 1.07. The summed E-state index contributed by atoms with van der Waals surface area (Å²) in [6.07, 6.45) is 5.19. The summed E-state index contributed by atoms with van der Waals surface area (Å²) in [5, 5.41) is 14.5. The first-order valence-corrected chi connectivity index (χ1v) is 6.86. The van der Waals surface area contributed by atoms with E-state index in [-0.39, 0.29) is 11.3 Å². The molecule has 1 aliphatic rings. The summed E-state index contributed by atoms with van der Waals surface area (Å²) in [7, 11) is 0. The molecule has 1 saturated heterocycles. The number of likely N-dealkylation sites (tertiary alicyclic amines) is 1. The summed E-state index contributed by atoms with van der Waals surface area (Å²) >= 11 is 5.80. The van der Waals surface area contributed by atoms with Gasteiger partial charge in [0.2, 0.25) is 5.28 Å². The summed E-state index contributed by atoms with van der Waals surface area (Å²) in [5.74, 6) is 0. The van der Waals surface area contributed by atoms with Gasteiger partial charge in [-0.05, 0) is 30.9 Å². The number of hydrogen-bond acceptors (Lipinski definition) is 4. The van der Waals surface area contributed by atoms with Crippen molar-refractivity contribution in [3.05, 3.63) is 17.7 Å². The van der Waals surface area contributed by atoms with E-state index in [0.29, 0.717) is 18.7 Å². The van der Waals surface area contributed by atoms with Gasteiger partial charge >= 0.3 is 6.09 Å². The third-order valence-electron chi connectivity index (χ3n) is 3.60. The van der Waals surface area contributed by atoms with Gasteiger partial charge in [0.15, 0.2) is 5.65 Å². The molecule has 0 unspecified atom stereocenters. The summed E-state index contributed by atoms with van der Waals surface area (Å²) in [4.78, 5) is 20.8. The van der Waals surface area contributed by atoms with Gasteiger partial charge in [-0.25, -0.2) is 14.5 Å². The molecule has 2 aromatic rings. The smallest absolute Gasteiger partial charge is 0.407 e. The zero-order valence-electron chi connectivity index (χ0n) is 10.7. The number of aromatic nitrogens is 4. The van der Waals surface area contributed by atoms with E-state index in [1.165, 1.54) is 4.90 Å². The Labute approximate surface area is 120 Å². The number of nitrogens with zero attached hydrogens (tertiary/aromatic N) is 5. The molecule has 20 heavy (non-hydrogen) atoms. The van der Waals surface area contributed by atoms with Gasteiger partial charge in [-0.1, -0.05) is 0 Å². The molecule has 1 fully saturated rings. The SMILES string of the molecule is O=C(O)N1CCCC[C@H]1Cn1ncc2cnc(Cl)nc21. The maximum absolute atomic E-state index is 11.3. The van der Waals surface area contributed by atoms with Crippen LogP contribution in [0.1, 0.15) is 19.3 Å². The van der Waals surface area contributed by atoms with Crippen molar-refractivity contribution in [2.75, 3.05) is 6.54 Å². The molecule has 106 valence electrons. The Morgan fingerprint density at radius 2 is 2.30 bits per heavy atom. The molecule has 1 N–H and O–H groups in total. The largest absolute Gasteiger partial charge is 0.465 e. The molecule has 0 aliphatic carbocycles. The first kappa shape index (κ1) is 13.1. The number of piperidine rings is 1. The highest BCUT2D eigenvalue weighted by Gasteiger charge is 2.27. The predicted molar refractivity (Wildman–Crippen MR) is 72.7 cm³/mol. The van der Waals surface area contributed by atoms with Crippen LogP contribution in [0, 0.1) is 0 Å². The second-order valence-corrected chi connectivity index (χ2v) is 5.21. The molecule has 1 aliphatic heterocycles. The van der Waals surface area contributed by atoms with Gasteiger partial charge in [-0.15, -0.1) is 0 Å². The van der Waals surface area contributed by atoms with Crippen molar-refractivity contribution in [1.29, 1.82) is 0 Å². The third-order valence-corrected chi connectivity index (χ3v) is 3.79. The first-order chi connectivity index (χ1) is 9.65. The highest BCUT2D eigenvalue weighted by atomic mass is 35.5. The van der Waals surface area contributed by atoms with E-state index in [1.54, 1.807) is 17.1 Å². The zero-order chi connectivity index (χ0) is 14.1. The Morgan fingerprint density at radius 1 is 1.45 bits per heavy atom. The molecule has 7 nitrogen and oxygen atoms in total. The number of amides is 1. The van der Waals surface area contributed by atoms with E-state index >= 15 is 0 Å². The van der Waals surface area contributed by atoms with Crippen LogP contribution in [0.25, 0.3) is 11.0 Å². The third kappa shape index (κ3) is 2.40. The monoisotopic (exact) mass is 295 g/mol. The van der Waals surface area contributed by atoms with Crippen LogP contribution in [0.5, 0.6) is 0 Å². The van der Waals surface area contributed by atoms with E-state index < -0.39 is 6.09 Å². The fourth-order valence-corrected chi connectivity index (χ4v) is 2.75. The van der Waals surface area contributed by atoms with Crippen LogP contribution in [0.4, 0.5) is 4.79 Å². The fourth-order valence-electron chi connectivity index (χ4n) is 2.62. The summed E-state index contributed by atoms with van der Waals surface area (Å²) in [5.41, 5.74) is 0.640. The van der Waals surface area contributed by atoms with E-state index in [2.05, 4.69) is 15.1 Å². The molecule has 3 heterocycles. The van der Waals surface area contributed by atoms with Gasteiger partial charge in [0.05, 0.1) is 24.2 Å². The number of halogens is 1. The number of carboxylic acid groups (broad SMARTS) is 1. The van der Waals surface area contributed by atoms with Crippen molar-refractivity contribution in [1.82, 2.24) is 24.6 Å². The van der Waals surface area contributed by atoms with Crippen LogP contribution in [-0.2, 0) is 6.54 Å². The minimum Gasteiger partial charge on any atom is -0.465 e. The van der Waals surface area contributed by atoms with Crippen LogP contribution in [0.2, 0.25) is 5.28 Å². The Bertz CT molecular complexity index is 644. The number of fused-ring (bicyclic) bond motifs is 1.